The zero-order valence-electron chi connectivity index (χ0n) is 10.4. The van der Waals surface area contributed by atoms with Crippen LogP contribution in [-0.4, -0.2) is 68.8 Å². The summed E-state index contributed by atoms with van der Waals surface area (Å²) in [5.41, 5.74) is 5.78. The third-order valence-corrected chi connectivity index (χ3v) is 3.77. The Morgan fingerprint density at radius 1 is 1.25 bits per heavy atom. The molecule has 1 unspecified atom stereocenters. The third kappa shape index (κ3) is 3.42. The van der Waals surface area contributed by atoms with Crippen molar-refractivity contribution >= 4 is 0 Å². The monoisotopic (exact) mass is 227 g/mol. The van der Waals surface area contributed by atoms with Crippen molar-refractivity contribution in [3.63, 3.8) is 0 Å². The highest BCUT2D eigenvalue weighted by molar-refractivity contribution is 4.83. The van der Waals surface area contributed by atoms with Gasteiger partial charge < -0.3 is 15.4 Å². The Kier molecular flexibility index (Phi) is 4.58. The molecular weight excluding hydrogens is 202 g/mol. The van der Waals surface area contributed by atoms with Crippen LogP contribution in [0.2, 0.25) is 0 Å². The molecule has 1 aliphatic heterocycles. The zero-order chi connectivity index (χ0) is 11.4. The van der Waals surface area contributed by atoms with E-state index < -0.39 is 0 Å². The highest BCUT2D eigenvalue weighted by atomic mass is 16.5. The fraction of sp³-hybridized carbons (Fsp3) is 1.00. The molecule has 1 aliphatic carbocycles. The van der Waals surface area contributed by atoms with Crippen molar-refractivity contribution in [2.75, 3.05) is 53.0 Å². The summed E-state index contributed by atoms with van der Waals surface area (Å²) in [6.45, 7) is 7.50. The maximum absolute atomic E-state index is 5.78. The van der Waals surface area contributed by atoms with Crippen molar-refractivity contribution in [3.05, 3.63) is 0 Å². The van der Waals surface area contributed by atoms with Gasteiger partial charge in [0.2, 0.25) is 0 Å². The molecule has 94 valence electrons. The summed E-state index contributed by atoms with van der Waals surface area (Å²) in [5, 5.41) is 0. The van der Waals surface area contributed by atoms with Gasteiger partial charge in [-0.25, -0.2) is 0 Å². The van der Waals surface area contributed by atoms with E-state index >= 15 is 0 Å². The number of ether oxygens (including phenoxy) is 1. The maximum atomic E-state index is 5.78. The maximum Gasteiger partial charge on any atom is 0.0630 e. The van der Waals surface area contributed by atoms with E-state index in [0.29, 0.717) is 12.6 Å². The van der Waals surface area contributed by atoms with E-state index in [1.165, 1.54) is 32.5 Å². The molecule has 0 aromatic carbocycles. The van der Waals surface area contributed by atoms with Crippen LogP contribution in [0.3, 0.4) is 0 Å². The molecule has 0 bridgehead atoms. The van der Waals surface area contributed by atoms with Crippen LogP contribution in [0.5, 0.6) is 0 Å². The van der Waals surface area contributed by atoms with Crippen LogP contribution in [-0.2, 0) is 4.74 Å². The molecule has 2 N–H and O–H groups in total. The Balaban J connectivity index is 1.70. The molecule has 4 heteroatoms. The first-order chi connectivity index (χ1) is 7.83. The van der Waals surface area contributed by atoms with Crippen molar-refractivity contribution in [3.8, 4) is 0 Å². The minimum Gasteiger partial charge on any atom is -0.383 e. The molecule has 0 spiro atoms. The largest absolute Gasteiger partial charge is 0.383 e. The molecule has 1 atom stereocenters. The van der Waals surface area contributed by atoms with Gasteiger partial charge in [-0.15, -0.1) is 0 Å². The lowest BCUT2D eigenvalue weighted by molar-refractivity contribution is 0.0518. The third-order valence-electron chi connectivity index (χ3n) is 3.77. The van der Waals surface area contributed by atoms with Gasteiger partial charge in [-0.05, 0) is 18.8 Å². The Morgan fingerprint density at radius 2 is 1.94 bits per heavy atom. The minimum atomic E-state index is 0.410. The average molecular weight is 227 g/mol. The molecule has 4 nitrogen and oxygen atoms in total. The van der Waals surface area contributed by atoms with E-state index in [2.05, 4.69) is 9.80 Å². The predicted molar refractivity (Wildman–Crippen MR) is 65.5 cm³/mol. The van der Waals surface area contributed by atoms with E-state index in [-0.39, 0.29) is 0 Å². The number of nitrogens with zero attached hydrogens (tertiary/aromatic N) is 2. The number of piperazine rings is 1. The van der Waals surface area contributed by atoms with Crippen molar-refractivity contribution in [2.24, 2.45) is 11.7 Å². The first-order valence-electron chi connectivity index (χ1n) is 6.49. The second-order valence-electron chi connectivity index (χ2n) is 5.12. The summed E-state index contributed by atoms with van der Waals surface area (Å²) in [7, 11) is 1.76. The normalized spacial score (nSPS) is 25.9. The van der Waals surface area contributed by atoms with Gasteiger partial charge in [0.15, 0.2) is 0 Å². The van der Waals surface area contributed by atoms with Crippen molar-refractivity contribution < 1.29 is 4.74 Å². The fourth-order valence-electron chi connectivity index (χ4n) is 2.49. The molecular formula is C12H25N3O. The molecule has 1 heterocycles. The summed E-state index contributed by atoms with van der Waals surface area (Å²) in [6.07, 6.45) is 2.91. The van der Waals surface area contributed by atoms with Gasteiger partial charge in [0.25, 0.3) is 0 Å². The number of hydrogen-bond donors (Lipinski definition) is 1. The van der Waals surface area contributed by atoms with E-state index in [1.54, 1.807) is 7.11 Å². The summed E-state index contributed by atoms with van der Waals surface area (Å²) < 4.78 is 5.21. The van der Waals surface area contributed by atoms with Crippen LogP contribution in [0, 0.1) is 5.92 Å². The van der Waals surface area contributed by atoms with Crippen LogP contribution in [0.4, 0.5) is 0 Å². The molecule has 1 saturated heterocycles. The lowest BCUT2D eigenvalue weighted by Gasteiger charge is -2.38. The first-order valence-corrected chi connectivity index (χ1v) is 6.49. The van der Waals surface area contributed by atoms with Gasteiger partial charge in [0.05, 0.1) is 6.61 Å². The smallest absolute Gasteiger partial charge is 0.0630 e. The van der Waals surface area contributed by atoms with E-state index in [0.717, 1.165) is 25.6 Å². The molecule has 2 rings (SSSR count). The lowest BCUT2D eigenvalue weighted by atomic mass is 10.2. The van der Waals surface area contributed by atoms with Gasteiger partial charge in [-0.2, -0.15) is 0 Å². The van der Waals surface area contributed by atoms with Gasteiger partial charge in [-0.1, -0.05) is 0 Å². The molecule has 0 amide bonds. The molecule has 0 radical (unpaired) electrons. The lowest BCUT2D eigenvalue weighted by Crippen LogP contribution is -2.53. The van der Waals surface area contributed by atoms with Gasteiger partial charge in [-0.3, -0.25) is 4.90 Å². The van der Waals surface area contributed by atoms with Crippen LogP contribution >= 0.6 is 0 Å². The molecule has 2 aliphatic rings. The van der Waals surface area contributed by atoms with Crippen LogP contribution in [0.25, 0.3) is 0 Å². The standard InChI is InChI=1S/C12H25N3O/c1-16-10-12(8-13)15-6-4-14(5-7-15)9-11-2-3-11/h11-12H,2-10,13H2,1H3. The van der Waals surface area contributed by atoms with E-state index in [9.17, 15) is 0 Å². The minimum absolute atomic E-state index is 0.410. The summed E-state index contributed by atoms with van der Waals surface area (Å²) in [4.78, 5) is 5.08. The van der Waals surface area contributed by atoms with Crippen molar-refractivity contribution in [2.45, 2.75) is 18.9 Å². The molecule has 0 aromatic rings. The van der Waals surface area contributed by atoms with Crippen LogP contribution < -0.4 is 5.73 Å². The second-order valence-corrected chi connectivity index (χ2v) is 5.12. The first kappa shape index (κ1) is 12.3. The summed E-state index contributed by atoms with van der Waals surface area (Å²) >= 11 is 0. The summed E-state index contributed by atoms with van der Waals surface area (Å²) in [5.74, 6) is 1.01. The number of nitrogens with two attached hydrogens (primary N) is 1. The number of methoxy groups -OCH3 is 1. The van der Waals surface area contributed by atoms with Gasteiger partial charge in [0.1, 0.15) is 0 Å². The molecule has 16 heavy (non-hydrogen) atoms. The highest BCUT2D eigenvalue weighted by Gasteiger charge is 2.28. The predicted octanol–water partition coefficient (Wildman–Crippen LogP) is -0.0123. The number of rotatable bonds is 6. The molecule has 1 saturated carbocycles. The van der Waals surface area contributed by atoms with Gasteiger partial charge in [0, 0.05) is 52.4 Å². The topological polar surface area (TPSA) is 41.7 Å². The van der Waals surface area contributed by atoms with Gasteiger partial charge >= 0.3 is 0 Å². The molecule has 0 aromatic heterocycles. The SMILES string of the molecule is COCC(CN)N1CCN(CC2CC2)CC1. The Morgan fingerprint density at radius 3 is 2.44 bits per heavy atom. The average Bonchev–Trinajstić information content (AvgIpc) is 3.11. The van der Waals surface area contributed by atoms with Crippen molar-refractivity contribution in [1.82, 2.24) is 9.80 Å². The van der Waals surface area contributed by atoms with Crippen molar-refractivity contribution in [1.29, 1.82) is 0 Å². The highest BCUT2D eigenvalue weighted by Crippen LogP contribution is 2.29. The van der Waals surface area contributed by atoms with Crippen LogP contribution in [0.15, 0.2) is 0 Å². The fourth-order valence-corrected chi connectivity index (χ4v) is 2.49. The zero-order valence-corrected chi connectivity index (χ0v) is 10.4. The van der Waals surface area contributed by atoms with E-state index in [1.807, 2.05) is 0 Å². The van der Waals surface area contributed by atoms with Crippen LogP contribution in [0.1, 0.15) is 12.8 Å². The number of hydrogen-bond acceptors (Lipinski definition) is 4. The summed E-state index contributed by atoms with van der Waals surface area (Å²) in [6, 6.07) is 0.410. The van der Waals surface area contributed by atoms with E-state index in [4.69, 9.17) is 10.5 Å². The Bertz CT molecular complexity index is 200. The Hall–Kier alpha value is -0.160. The Labute approximate surface area is 98.7 Å². The quantitative estimate of drug-likeness (QED) is 0.693. The second kappa shape index (κ2) is 5.96. The molecule has 2 fully saturated rings.